The molecule has 2 rings (SSSR count). The molecule has 21 heavy (non-hydrogen) atoms. The average molecular weight is 311 g/mol. The standard InChI is InChI=1S/C14H21N3O3S/c1-3-5-11-9-21-13(15-11)16-14(19)17-7-4-6-10(8-17)12(18)20-2/h9-10H,3-8H2,1-2H3,(H,15,16,19)/t10-/m0/s1. The van der Waals surface area contributed by atoms with Crippen LogP contribution in [0.4, 0.5) is 9.93 Å². The van der Waals surface area contributed by atoms with Gasteiger partial charge in [0.15, 0.2) is 5.13 Å². The van der Waals surface area contributed by atoms with E-state index in [1.807, 2.05) is 5.38 Å². The lowest BCUT2D eigenvalue weighted by atomic mass is 9.98. The van der Waals surface area contributed by atoms with E-state index in [-0.39, 0.29) is 17.9 Å². The third-order valence-electron chi connectivity index (χ3n) is 3.51. The van der Waals surface area contributed by atoms with Crippen LogP contribution in [0.1, 0.15) is 31.9 Å². The molecule has 2 heterocycles. The molecule has 1 saturated heterocycles. The number of rotatable bonds is 4. The molecule has 0 aromatic carbocycles. The lowest BCUT2D eigenvalue weighted by Crippen LogP contribution is -2.44. The lowest BCUT2D eigenvalue weighted by Gasteiger charge is -2.30. The number of likely N-dealkylation sites (tertiary alicyclic amines) is 1. The molecule has 6 nitrogen and oxygen atoms in total. The monoisotopic (exact) mass is 311 g/mol. The number of thiazole rings is 1. The highest BCUT2D eigenvalue weighted by Crippen LogP contribution is 2.20. The third-order valence-corrected chi connectivity index (χ3v) is 4.32. The van der Waals surface area contributed by atoms with Crippen molar-refractivity contribution in [3.8, 4) is 0 Å². The first-order chi connectivity index (χ1) is 10.1. The highest BCUT2D eigenvalue weighted by Gasteiger charge is 2.29. The summed E-state index contributed by atoms with van der Waals surface area (Å²) < 4.78 is 4.76. The zero-order valence-electron chi connectivity index (χ0n) is 12.4. The fraction of sp³-hybridized carbons (Fsp3) is 0.643. The van der Waals surface area contributed by atoms with Gasteiger partial charge < -0.3 is 9.64 Å². The maximum atomic E-state index is 12.2. The van der Waals surface area contributed by atoms with E-state index in [1.165, 1.54) is 18.4 Å². The summed E-state index contributed by atoms with van der Waals surface area (Å²) in [6, 6.07) is -0.194. The highest BCUT2D eigenvalue weighted by molar-refractivity contribution is 7.13. The van der Waals surface area contributed by atoms with Crippen LogP contribution >= 0.6 is 11.3 Å². The minimum absolute atomic E-state index is 0.194. The Kier molecular flexibility index (Phi) is 5.55. The smallest absolute Gasteiger partial charge is 0.323 e. The van der Waals surface area contributed by atoms with Crippen LogP contribution in [-0.2, 0) is 16.0 Å². The Labute approximate surface area is 128 Å². The van der Waals surface area contributed by atoms with Crippen molar-refractivity contribution in [1.29, 1.82) is 0 Å². The normalized spacial score (nSPS) is 18.4. The summed E-state index contributed by atoms with van der Waals surface area (Å²) in [6.07, 6.45) is 3.53. The Balaban J connectivity index is 1.91. The van der Waals surface area contributed by atoms with Crippen molar-refractivity contribution in [2.24, 2.45) is 5.92 Å². The Morgan fingerprint density at radius 1 is 1.57 bits per heavy atom. The van der Waals surface area contributed by atoms with E-state index in [4.69, 9.17) is 4.74 Å². The van der Waals surface area contributed by atoms with Crippen molar-refractivity contribution in [3.05, 3.63) is 11.1 Å². The predicted octanol–water partition coefficient (Wildman–Crippen LogP) is 2.51. The van der Waals surface area contributed by atoms with E-state index < -0.39 is 0 Å². The molecule has 1 aromatic heterocycles. The fourth-order valence-electron chi connectivity index (χ4n) is 2.43. The maximum Gasteiger partial charge on any atom is 0.323 e. The molecule has 1 aromatic rings. The van der Waals surface area contributed by atoms with Gasteiger partial charge in [-0.1, -0.05) is 13.3 Å². The van der Waals surface area contributed by atoms with Gasteiger partial charge in [-0.2, -0.15) is 0 Å². The van der Waals surface area contributed by atoms with Gasteiger partial charge in [-0.25, -0.2) is 9.78 Å². The van der Waals surface area contributed by atoms with Crippen LogP contribution < -0.4 is 5.32 Å². The van der Waals surface area contributed by atoms with Crippen LogP contribution in [0, 0.1) is 5.92 Å². The number of nitrogens with zero attached hydrogens (tertiary/aromatic N) is 2. The minimum Gasteiger partial charge on any atom is -0.469 e. The van der Waals surface area contributed by atoms with Crippen molar-refractivity contribution < 1.29 is 14.3 Å². The first-order valence-corrected chi connectivity index (χ1v) is 8.10. The van der Waals surface area contributed by atoms with E-state index in [1.54, 1.807) is 4.90 Å². The number of amides is 2. The Morgan fingerprint density at radius 3 is 3.10 bits per heavy atom. The Hall–Kier alpha value is -1.63. The van der Waals surface area contributed by atoms with Crippen LogP contribution in [-0.4, -0.2) is 42.1 Å². The molecule has 0 bridgehead atoms. The summed E-state index contributed by atoms with van der Waals surface area (Å²) in [4.78, 5) is 29.8. The number of ether oxygens (including phenoxy) is 1. The molecule has 2 amide bonds. The molecule has 7 heteroatoms. The molecule has 1 fully saturated rings. The topological polar surface area (TPSA) is 71.5 Å². The van der Waals surface area contributed by atoms with E-state index >= 15 is 0 Å². The summed E-state index contributed by atoms with van der Waals surface area (Å²) in [5, 5.41) is 5.39. The predicted molar refractivity (Wildman–Crippen MR) is 81.4 cm³/mol. The zero-order chi connectivity index (χ0) is 15.2. The van der Waals surface area contributed by atoms with Gasteiger partial charge in [0.25, 0.3) is 0 Å². The number of esters is 1. The molecule has 0 aliphatic carbocycles. The van der Waals surface area contributed by atoms with Crippen molar-refractivity contribution in [1.82, 2.24) is 9.88 Å². The van der Waals surface area contributed by atoms with Crippen molar-refractivity contribution >= 4 is 28.5 Å². The van der Waals surface area contributed by atoms with Crippen LogP contribution in [0.2, 0.25) is 0 Å². The summed E-state index contributed by atoms with van der Waals surface area (Å²) in [7, 11) is 1.38. The number of aryl methyl sites for hydroxylation is 1. The van der Waals surface area contributed by atoms with Crippen molar-refractivity contribution in [3.63, 3.8) is 0 Å². The van der Waals surface area contributed by atoms with Gasteiger partial charge in [0, 0.05) is 18.5 Å². The average Bonchev–Trinajstić information content (AvgIpc) is 2.94. The number of hydrogen-bond acceptors (Lipinski definition) is 5. The molecule has 0 spiro atoms. The number of nitrogens with one attached hydrogen (secondary N) is 1. The highest BCUT2D eigenvalue weighted by atomic mass is 32.1. The second kappa shape index (κ2) is 7.40. The molecule has 0 unspecified atom stereocenters. The van der Waals surface area contributed by atoms with Crippen LogP contribution in [0.3, 0.4) is 0 Å². The minimum atomic E-state index is -0.244. The van der Waals surface area contributed by atoms with Crippen molar-refractivity contribution in [2.75, 3.05) is 25.5 Å². The van der Waals surface area contributed by atoms with Crippen molar-refractivity contribution in [2.45, 2.75) is 32.6 Å². The van der Waals surface area contributed by atoms with Gasteiger partial charge in [-0.3, -0.25) is 10.1 Å². The van der Waals surface area contributed by atoms with Gasteiger partial charge in [0.2, 0.25) is 0 Å². The van der Waals surface area contributed by atoms with Crippen LogP contribution in [0.25, 0.3) is 0 Å². The summed E-state index contributed by atoms with van der Waals surface area (Å²) in [5.41, 5.74) is 1.00. The van der Waals surface area contributed by atoms with Gasteiger partial charge in [0.05, 0.1) is 18.7 Å². The number of methoxy groups -OCH3 is 1. The number of aromatic nitrogens is 1. The Morgan fingerprint density at radius 2 is 2.38 bits per heavy atom. The second-order valence-corrected chi connectivity index (χ2v) is 5.99. The molecule has 1 N–H and O–H groups in total. The molecule has 0 radical (unpaired) electrons. The lowest BCUT2D eigenvalue weighted by molar-refractivity contribution is -0.146. The molecular formula is C14H21N3O3S. The van der Waals surface area contributed by atoms with E-state index in [0.717, 1.165) is 31.4 Å². The summed E-state index contributed by atoms with van der Waals surface area (Å²) in [5.74, 6) is -0.464. The molecule has 1 aliphatic heterocycles. The SMILES string of the molecule is CCCc1csc(NC(=O)N2CCC[C@H](C(=O)OC)C2)n1. The molecule has 1 atom stereocenters. The number of anilines is 1. The van der Waals surface area contributed by atoms with Crippen LogP contribution in [0.5, 0.6) is 0 Å². The fourth-order valence-corrected chi connectivity index (χ4v) is 3.16. The van der Waals surface area contributed by atoms with E-state index in [9.17, 15) is 9.59 Å². The summed E-state index contributed by atoms with van der Waals surface area (Å²) >= 11 is 1.43. The number of carbonyl (C=O) groups excluding carboxylic acids is 2. The van der Waals surface area contributed by atoms with Gasteiger partial charge >= 0.3 is 12.0 Å². The zero-order valence-corrected chi connectivity index (χ0v) is 13.2. The van der Waals surface area contributed by atoms with Gasteiger partial charge in [-0.05, 0) is 19.3 Å². The number of piperidine rings is 1. The number of carbonyl (C=O) groups is 2. The molecule has 116 valence electrons. The molecule has 1 aliphatic rings. The molecular weight excluding hydrogens is 290 g/mol. The first-order valence-electron chi connectivity index (χ1n) is 7.22. The molecule has 0 saturated carbocycles. The summed E-state index contributed by atoms with van der Waals surface area (Å²) in [6.45, 7) is 3.16. The van der Waals surface area contributed by atoms with E-state index in [0.29, 0.717) is 18.2 Å². The maximum absolute atomic E-state index is 12.2. The van der Waals surface area contributed by atoms with Gasteiger partial charge in [-0.15, -0.1) is 11.3 Å². The van der Waals surface area contributed by atoms with E-state index in [2.05, 4.69) is 17.2 Å². The van der Waals surface area contributed by atoms with Crippen LogP contribution in [0.15, 0.2) is 5.38 Å². The first kappa shape index (κ1) is 15.8. The second-order valence-electron chi connectivity index (χ2n) is 5.13. The Bertz CT molecular complexity index is 503. The number of urea groups is 1. The third kappa shape index (κ3) is 4.17. The number of hydrogen-bond donors (Lipinski definition) is 1. The van der Waals surface area contributed by atoms with Gasteiger partial charge in [0.1, 0.15) is 0 Å². The largest absolute Gasteiger partial charge is 0.469 e. The quantitative estimate of drug-likeness (QED) is 0.867.